The first kappa shape index (κ1) is 18.8. The highest BCUT2D eigenvalue weighted by Gasteiger charge is 2.28. The summed E-state index contributed by atoms with van der Waals surface area (Å²) in [5, 5.41) is 0. The van der Waals surface area contributed by atoms with Crippen molar-refractivity contribution in [2.45, 2.75) is 13.8 Å². The Morgan fingerprint density at radius 1 is 0.963 bits per heavy atom. The second-order valence-electron chi connectivity index (χ2n) is 6.80. The minimum absolute atomic E-state index is 0.174. The van der Waals surface area contributed by atoms with Crippen LogP contribution in [0.5, 0.6) is 0 Å². The number of hydrogen-bond donors (Lipinski definition) is 0. The number of nitrogens with zero attached hydrogens (tertiary/aromatic N) is 3. The Balaban J connectivity index is 1.73. The van der Waals surface area contributed by atoms with Crippen LogP contribution in [0.1, 0.15) is 32.0 Å². The van der Waals surface area contributed by atoms with Gasteiger partial charge in [0.15, 0.2) is 0 Å². The largest absolute Gasteiger partial charge is 0.335 e. The summed E-state index contributed by atoms with van der Waals surface area (Å²) in [6.45, 7) is 4.91. The van der Waals surface area contributed by atoms with Gasteiger partial charge in [0.2, 0.25) is 0 Å². The highest BCUT2D eigenvalue weighted by Crippen LogP contribution is 2.14. The van der Waals surface area contributed by atoms with Crippen molar-refractivity contribution in [3.05, 3.63) is 68.9 Å². The Morgan fingerprint density at radius 3 is 2.15 bits per heavy atom. The molecular formula is C20H22FN3O3. The average molecular weight is 371 g/mol. The molecule has 0 atom stereocenters. The van der Waals surface area contributed by atoms with Crippen molar-refractivity contribution in [3.8, 4) is 0 Å². The van der Waals surface area contributed by atoms with Crippen LogP contribution in [0.15, 0.2) is 35.1 Å². The standard InChI is InChI=1S/C20H22FN3O3/c1-13-11-14(2)22(3)19(26)17(13)20(27)24-9-7-23(8-10-24)18(25)15-5-4-6-16(21)12-15/h4-6,11-12H,7-10H2,1-3H3. The van der Waals surface area contributed by atoms with Crippen LogP contribution in [0.25, 0.3) is 0 Å². The first-order valence-corrected chi connectivity index (χ1v) is 8.81. The van der Waals surface area contributed by atoms with Crippen molar-refractivity contribution >= 4 is 11.8 Å². The zero-order chi connectivity index (χ0) is 19.7. The predicted molar refractivity (Wildman–Crippen MR) is 99.4 cm³/mol. The van der Waals surface area contributed by atoms with E-state index in [2.05, 4.69) is 0 Å². The molecule has 142 valence electrons. The second kappa shape index (κ2) is 7.34. The van der Waals surface area contributed by atoms with Gasteiger partial charge in [-0.15, -0.1) is 0 Å². The number of amides is 2. The van der Waals surface area contributed by atoms with Gasteiger partial charge < -0.3 is 14.4 Å². The number of halogens is 1. The number of pyridine rings is 1. The summed E-state index contributed by atoms with van der Waals surface area (Å²) in [6.07, 6.45) is 0. The lowest BCUT2D eigenvalue weighted by molar-refractivity contribution is 0.0533. The van der Waals surface area contributed by atoms with E-state index in [4.69, 9.17) is 0 Å². The maximum atomic E-state index is 13.3. The van der Waals surface area contributed by atoms with Gasteiger partial charge >= 0.3 is 0 Å². The molecule has 0 aliphatic carbocycles. The minimum Gasteiger partial charge on any atom is -0.335 e. The number of hydrogen-bond acceptors (Lipinski definition) is 3. The van der Waals surface area contributed by atoms with Crippen molar-refractivity contribution < 1.29 is 14.0 Å². The highest BCUT2D eigenvalue weighted by molar-refractivity contribution is 5.96. The summed E-state index contributed by atoms with van der Waals surface area (Å²) < 4.78 is 14.8. The quantitative estimate of drug-likeness (QED) is 0.808. The van der Waals surface area contributed by atoms with Crippen LogP contribution in [-0.2, 0) is 7.05 Å². The number of aryl methyl sites for hydroxylation is 2. The summed E-state index contributed by atoms with van der Waals surface area (Å²) in [7, 11) is 1.64. The summed E-state index contributed by atoms with van der Waals surface area (Å²) >= 11 is 0. The van der Waals surface area contributed by atoms with E-state index in [1.54, 1.807) is 29.8 Å². The molecule has 0 bridgehead atoms. The molecule has 3 rings (SSSR count). The second-order valence-corrected chi connectivity index (χ2v) is 6.80. The van der Waals surface area contributed by atoms with E-state index >= 15 is 0 Å². The molecular weight excluding hydrogens is 349 g/mol. The maximum Gasteiger partial charge on any atom is 0.263 e. The van der Waals surface area contributed by atoms with Gasteiger partial charge in [-0.1, -0.05) is 6.07 Å². The Hall–Kier alpha value is -2.96. The maximum absolute atomic E-state index is 13.3. The molecule has 0 N–H and O–H groups in total. The third-order valence-electron chi connectivity index (χ3n) is 5.01. The normalized spacial score (nSPS) is 14.4. The van der Waals surface area contributed by atoms with E-state index in [-0.39, 0.29) is 28.5 Å². The Labute approximate surface area is 156 Å². The average Bonchev–Trinajstić information content (AvgIpc) is 2.65. The summed E-state index contributed by atoms with van der Waals surface area (Å²) in [6, 6.07) is 7.38. The number of carbonyl (C=O) groups excluding carboxylic acids is 2. The molecule has 0 radical (unpaired) electrons. The van der Waals surface area contributed by atoms with E-state index in [0.717, 1.165) is 5.69 Å². The van der Waals surface area contributed by atoms with Crippen LogP contribution < -0.4 is 5.56 Å². The van der Waals surface area contributed by atoms with Crippen LogP contribution in [-0.4, -0.2) is 52.4 Å². The molecule has 1 aliphatic rings. The lowest BCUT2D eigenvalue weighted by Gasteiger charge is -2.35. The van der Waals surface area contributed by atoms with Crippen molar-refractivity contribution in [2.24, 2.45) is 7.05 Å². The van der Waals surface area contributed by atoms with E-state index < -0.39 is 5.82 Å². The molecule has 2 aromatic rings. The van der Waals surface area contributed by atoms with Crippen molar-refractivity contribution in [3.63, 3.8) is 0 Å². The van der Waals surface area contributed by atoms with Gasteiger partial charge in [-0.25, -0.2) is 4.39 Å². The predicted octanol–water partition coefficient (Wildman–Crippen LogP) is 1.74. The van der Waals surface area contributed by atoms with E-state index in [0.29, 0.717) is 31.7 Å². The Bertz CT molecular complexity index is 959. The van der Waals surface area contributed by atoms with Gasteiger partial charge in [0.1, 0.15) is 11.4 Å². The van der Waals surface area contributed by atoms with Crippen LogP contribution >= 0.6 is 0 Å². The Kier molecular flexibility index (Phi) is 5.12. The number of carbonyl (C=O) groups is 2. The molecule has 0 saturated carbocycles. The molecule has 1 saturated heterocycles. The summed E-state index contributed by atoms with van der Waals surface area (Å²) in [5.74, 6) is -1.03. The molecule has 2 heterocycles. The molecule has 0 spiro atoms. The lowest BCUT2D eigenvalue weighted by atomic mass is 10.1. The topological polar surface area (TPSA) is 62.6 Å². The smallest absolute Gasteiger partial charge is 0.263 e. The number of benzene rings is 1. The van der Waals surface area contributed by atoms with E-state index in [9.17, 15) is 18.8 Å². The monoisotopic (exact) mass is 371 g/mol. The number of aromatic nitrogens is 1. The van der Waals surface area contributed by atoms with Gasteiger partial charge in [-0.3, -0.25) is 14.4 Å². The van der Waals surface area contributed by atoms with Crippen LogP contribution in [0.2, 0.25) is 0 Å². The minimum atomic E-state index is -0.458. The summed E-state index contributed by atoms with van der Waals surface area (Å²) in [5.41, 5.74) is 1.60. The molecule has 0 unspecified atom stereocenters. The van der Waals surface area contributed by atoms with Crippen LogP contribution in [0.4, 0.5) is 4.39 Å². The van der Waals surface area contributed by atoms with Crippen molar-refractivity contribution in [2.75, 3.05) is 26.2 Å². The van der Waals surface area contributed by atoms with Gasteiger partial charge in [0, 0.05) is 44.5 Å². The van der Waals surface area contributed by atoms with Gasteiger partial charge in [0.05, 0.1) is 0 Å². The molecule has 1 aromatic heterocycles. The lowest BCUT2D eigenvalue weighted by Crippen LogP contribution is -2.51. The summed E-state index contributed by atoms with van der Waals surface area (Å²) in [4.78, 5) is 41.0. The van der Waals surface area contributed by atoms with Gasteiger partial charge in [-0.2, -0.15) is 0 Å². The third-order valence-corrected chi connectivity index (χ3v) is 5.01. The SMILES string of the molecule is Cc1cc(C)n(C)c(=O)c1C(=O)N1CCN(C(=O)c2cccc(F)c2)CC1. The van der Waals surface area contributed by atoms with E-state index in [1.165, 1.54) is 22.8 Å². The van der Waals surface area contributed by atoms with Gasteiger partial charge in [0.25, 0.3) is 17.4 Å². The van der Waals surface area contributed by atoms with Crippen LogP contribution in [0.3, 0.4) is 0 Å². The molecule has 27 heavy (non-hydrogen) atoms. The van der Waals surface area contributed by atoms with Crippen LogP contribution in [0, 0.1) is 19.7 Å². The molecule has 2 amide bonds. The fraction of sp³-hybridized carbons (Fsp3) is 0.350. The van der Waals surface area contributed by atoms with Gasteiger partial charge in [-0.05, 0) is 43.7 Å². The molecule has 1 aromatic carbocycles. The Morgan fingerprint density at radius 2 is 1.56 bits per heavy atom. The first-order valence-electron chi connectivity index (χ1n) is 8.81. The zero-order valence-electron chi connectivity index (χ0n) is 15.7. The van der Waals surface area contributed by atoms with Crippen molar-refractivity contribution in [1.82, 2.24) is 14.4 Å². The zero-order valence-corrected chi connectivity index (χ0v) is 15.7. The molecule has 7 heteroatoms. The molecule has 1 fully saturated rings. The van der Waals surface area contributed by atoms with Crippen molar-refractivity contribution in [1.29, 1.82) is 0 Å². The molecule has 6 nitrogen and oxygen atoms in total. The highest BCUT2D eigenvalue weighted by atomic mass is 19.1. The fourth-order valence-electron chi connectivity index (χ4n) is 3.31. The number of piperazine rings is 1. The number of rotatable bonds is 2. The first-order chi connectivity index (χ1) is 12.8. The third kappa shape index (κ3) is 3.63. The molecule has 1 aliphatic heterocycles. The van der Waals surface area contributed by atoms with E-state index in [1.807, 2.05) is 13.0 Å². The fourth-order valence-corrected chi connectivity index (χ4v) is 3.31.